The zero-order valence-electron chi connectivity index (χ0n) is 10.0. The highest BCUT2D eigenvalue weighted by Crippen LogP contribution is 2.24. The third kappa shape index (κ3) is 6.08. The van der Waals surface area contributed by atoms with Crippen molar-refractivity contribution in [3.05, 3.63) is 0 Å². The summed E-state index contributed by atoms with van der Waals surface area (Å²) in [6, 6.07) is 0. The second kappa shape index (κ2) is 5.78. The average Bonchev–Trinajstić information content (AvgIpc) is 2.15. The van der Waals surface area contributed by atoms with Crippen molar-refractivity contribution >= 4 is 17.7 Å². The second-order valence-corrected chi connectivity index (χ2v) is 6.95. The van der Waals surface area contributed by atoms with E-state index in [9.17, 15) is 4.79 Å². The van der Waals surface area contributed by atoms with E-state index in [-0.39, 0.29) is 16.8 Å². The van der Waals surface area contributed by atoms with E-state index in [2.05, 4.69) is 20.8 Å². The topological polar surface area (TPSA) is 26.3 Å². The summed E-state index contributed by atoms with van der Waals surface area (Å²) >= 11 is 1.66. The van der Waals surface area contributed by atoms with E-state index in [1.54, 1.807) is 11.8 Å². The van der Waals surface area contributed by atoms with Gasteiger partial charge in [-0.3, -0.25) is 4.79 Å². The number of carbonyl (C=O) groups is 1. The van der Waals surface area contributed by atoms with Crippen LogP contribution in [0.2, 0.25) is 0 Å². The molecule has 0 saturated heterocycles. The Labute approximate surface area is 97.1 Å². The minimum Gasteiger partial charge on any atom is -0.462 e. The third-order valence-corrected chi connectivity index (χ3v) is 3.72. The lowest BCUT2D eigenvalue weighted by atomic mass is 9.98. The maximum absolute atomic E-state index is 11.5. The highest BCUT2D eigenvalue weighted by Gasteiger charge is 2.19. The van der Waals surface area contributed by atoms with Gasteiger partial charge in [-0.15, -0.1) is 11.8 Å². The number of esters is 1. The van der Waals surface area contributed by atoms with Gasteiger partial charge < -0.3 is 4.74 Å². The minimum absolute atomic E-state index is 0.0400. The molecule has 15 heavy (non-hydrogen) atoms. The summed E-state index contributed by atoms with van der Waals surface area (Å²) in [6.07, 6.45) is 6.05. The molecule has 0 aromatic carbocycles. The minimum atomic E-state index is -0.0400. The van der Waals surface area contributed by atoms with Crippen molar-refractivity contribution in [3.8, 4) is 0 Å². The summed E-state index contributed by atoms with van der Waals surface area (Å²) < 4.78 is 5.57. The van der Waals surface area contributed by atoms with Gasteiger partial charge in [0, 0.05) is 4.75 Å². The van der Waals surface area contributed by atoms with Gasteiger partial charge in [0.05, 0.1) is 5.75 Å². The van der Waals surface area contributed by atoms with Gasteiger partial charge in [0.25, 0.3) is 0 Å². The molecule has 0 aliphatic heterocycles. The first-order valence-electron chi connectivity index (χ1n) is 5.81. The smallest absolute Gasteiger partial charge is 0.316 e. The van der Waals surface area contributed by atoms with Gasteiger partial charge in [0.15, 0.2) is 0 Å². The van der Waals surface area contributed by atoms with Crippen LogP contribution in [0.5, 0.6) is 0 Å². The Balaban J connectivity index is 2.17. The van der Waals surface area contributed by atoms with Gasteiger partial charge in [-0.1, -0.05) is 27.2 Å². The van der Waals surface area contributed by atoms with Crippen molar-refractivity contribution in [2.75, 3.05) is 5.75 Å². The van der Waals surface area contributed by atoms with Crippen LogP contribution in [0.3, 0.4) is 0 Å². The highest BCUT2D eigenvalue weighted by atomic mass is 32.2. The van der Waals surface area contributed by atoms with Crippen LogP contribution in [-0.2, 0) is 9.53 Å². The van der Waals surface area contributed by atoms with Crippen molar-refractivity contribution < 1.29 is 9.53 Å². The van der Waals surface area contributed by atoms with Crippen LogP contribution in [0.4, 0.5) is 0 Å². The molecule has 1 aliphatic rings. The highest BCUT2D eigenvalue weighted by molar-refractivity contribution is 8.01. The molecule has 0 amide bonds. The van der Waals surface area contributed by atoms with E-state index in [4.69, 9.17) is 4.74 Å². The number of hydrogen-bond acceptors (Lipinski definition) is 3. The summed E-state index contributed by atoms with van der Waals surface area (Å²) in [5, 5.41) is 0. The Morgan fingerprint density at radius 1 is 1.27 bits per heavy atom. The molecule has 1 fully saturated rings. The van der Waals surface area contributed by atoms with Gasteiger partial charge in [-0.25, -0.2) is 0 Å². The standard InChI is InChI=1S/C12H22O2S/c1-12(2,3)15-9-11(13)14-10-7-5-4-6-8-10/h10H,4-9H2,1-3H3. The zero-order valence-corrected chi connectivity index (χ0v) is 10.9. The molecular formula is C12H22O2S. The number of thioether (sulfide) groups is 1. The van der Waals surface area contributed by atoms with E-state index in [0.717, 1.165) is 12.8 Å². The molecule has 0 N–H and O–H groups in total. The molecule has 0 spiro atoms. The van der Waals surface area contributed by atoms with Crippen molar-refractivity contribution in [2.24, 2.45) is 0 Å². The maximum Gasteiger partial charge on any atom is 0.316 e. The van der Waals surface area contributed by atoms with Crippen LogP contribution < -0.4 is 0 Å². The number of rotatable bonds is 3. The van der Waals surface area contributed by atoms with Gasteiger partial charge in [0.2, 0.25) is 0 Å². The summed E-state index contributed by atoms with van der Waals surface area (Å²) in [5.74, 6) is 0.446. The zero-order chi connectivity index (χ0) is 11.3. The third-order valence-electron chi connectivity index (χ3n) is 2.47. The van der Waals surface area contributed by atoms with Crippen molar-refractivity contribution in [1.82, 2.24) is 0 Å². The monoisotopic (exact) mass is 230 g/mol. The number of ether oxygens (including phenoxy) is 1. The van der Waals surface area contributed by atoms with Gasteiger partial charge >= 0.3 is 5.97 Å². The SMILES string of the molecule is CC(C)(C)SCC(=O)OC1CCCCC1. The first-order valence-corrected chi connectivity index (χ1v) is 6.79. The summed E-state index contributed by atoms with van der Waals surface area (Å²) in [7, 11) is 0. The molecule has 0 radical (unpaired) electrons. The lowest BCUT2D eigenvalue weighted by Crippen LogP contribution is -2.23. The van der Waals surface area contributed by atoms with Crippen molar-refractivity contribution in [3.63, 3.8) is 0 Å². The van der Waals surface area contributed by atoms with Crippen LogP contribution >= 0.6 is 11.8 Å². The van der Waals surface area contributed by atoms with Crippen LogP contribution in [0.25, 0.3) is 0 Å². The van der Waals surface area contributed by atoms with Crippen LogP contribution in [0, 0.1) is 0 Å². The molecule has 0 bridgehead atoms. The molecular weight excluding hydrogens is 208 g/mol. The van der Waals surface area contributed by atoms with E-state index in [1.165, 1.54) is 19.3 Å². The van der Waals surface area contributed by atoms with Crippen LogP contribution in [0.1, 0.15) is 52.9 Å². The Morgan fingerprint density at radius 3 is 2.40 bits per heavy atom. The fourth-order valence-electron chi connectivity index (χ4n) is 1.68. The van der Waals surface area contributed by atoms with Crippen molar-refractivity contribution in [2.45, 2.75) is 63.7 Å². The quantitative estimate of drug-likeness (QED) is 0.695. The molecule has 0 heterocycles. The fourth-order valence-corrected chi connectivity index (χ4v) is 2.30. The summed E-state index contributed by atoms with van der Waals surface area (Å²) in [4.78, 5) is 11.5. The van der Waals surface area contributed by atoms with E-state index >= 15 is 0 Å². The summed E-state index contributed by atoms with van der Waals surface area (Å²) in [5.41, 5.74) is 0. The largest absolute Gasteiger partial charge is 0.462 e. The van der Waals surface area contributed by atoms with E-state index in [0.29, 0.717) is 5.75 Å². The molecule has 0 aromatic rings. The van der Waals surface area contributed by atoms with Gasteiger partial charge in [-0.05, 0) is 25.7 Å². The van der Waals surface area contributed by atoms with Crippen molar-refractivity contribution in [1.29, 1.82) is 0 Å². The molecule has 3 heteroatoms. The molecule has 1 aliphatic carbocycles. The molecule has 2 nitrogen and oxygen atoms in total. The second-order valence-electron chi connectivity index (χ2n) is 5.15. The average molecular weight is 230 g/mol. The Bertz CT molecular complexity index is 202. The lowest BCUT2D eigenvalue weighted by molar-refractivity contribution is -0.147. The maximum atomic E-state index is 11.5. The molecule has 88 valence electrons. The first-order chi connectivity index (χ1) is 6.97. The molecule has 0 unspecified atom stereocenters. The molecule has 0 atom stereocenters. The molecule has 0 aromatic heterocycles. The van der Waals surface area contributed by atoms with Crippen LogP contribution in [-0.4, -0.2) is 22.6 Å². The van der Waals surface area contributed by atoms with E-state index < -0.39 is 0 Å². The Morgan fingerprint density at radius 2 is 1.87 bits per heavy atom. The molecule has 1 saturated carbocycles. The number of carbonyl (C=O) groups excluding carboxylic acids is 1. The van der Waals surface area contributed by atoms with Gasteiger partial charge in [-0.2, -0.15) is 0 Å². The summed E-state index contributed by atoms with van der Waals surface area (Å²) in [6.45, 7) is 6.35. The number of hydrogen-bond donors (Lipinski definition) is 0. The molecule has 1 rings (SSSR count). The Hall–Kier alpha value is -0.180. The van der Waals surface area contributed by atoms with Crippen LogP contribution in [0.15, 0.2) is 0 Å². The normalized spacial score (nSPS) is 18.9. The Kier molecular flexibility index (Phi) is 4.97. The van der Waals surface area contributed by atoms with Gasteiger partial charge in [0.1, 0.15) is 6.10 Å². The predicted molar refractivity (Wildman–Crippen MR) is 65.2 cm³/mol. The van der Waals surface area contributed by atoms with E-state index in [1.807, 2.05) is 0 Å². The lowest BCUT2D eigenvalue weighted by Gasteiger charge is -2.23. The fraction of sp³-hybridized carbons (Fsp3) is 0.917. The predicted octanol–water partition coefficient (Wildman–Crippen LogP) is 3.39. The first kappa shape index (κ1) is 12.9.